The predicted molar refractivity (Wildman–Crippen MR) is 82.0 cm³/mol. The predicted octanol–water partition coefficient (Wildman–Crippen LogP) is 2.80. The molecule has 0 radical (unpaired) electrons. The normalized spacial score (nSPS) is 22.6. The van der Waals surface area contributed by atoms with E-state index in [4.69, 9.17) is 5.73 Å². The average Bonchev–Trinajstić information content (AvgIpc) is 3.02. The number of benzene rings is 1. The van der Waals surface area contributed by atoms with Crippen molar-refractivity contribution in [3.63, 3.8) is 0 Å². The molecule has 2 unspecified atom stereocenters. The van der Waals surface area contributed by atoms with Gasteiger partial charge in [0.1, 0.15) is 0 Å². The van der Waals surface area contributed by atoms with Crippen LogP contribution < -0.4 is 11.1 Å². The van der Waals surface area contributed by atoms with E-state index in [2.05, 4.69) is 28.6 Å². The van der Waals surface area contributed by atoms with Gasteiger partial charge in [-0.3, -0.25) is 0 Å². The van der Waals surface area contributed by atoms with E-state index in [1.165, 1.54) is 25.7 Å². The molecule has 2 aromatic rings. The fraction of sp³-hybridized carbons (Fsp3) is 0.438. The Morgan fingerprint density at radius 1 is 1.20 bits per heavy atom. The van der Waals surface area contributed by atoms with Gasteiger partial charge in [0.05, 0.1) is 11.4 Å². The van der Waals surface area contributed by atoms with Crippen molar-refractivity contribution in [3.05, 3.63) is 42.7 Å². The summed E-state index contributed by atoms with van der Waals surface area (Å²) < 4.78 is 1.91. The quantitative estimate of drug-likeness (QED) is 0.898. The Bertz CT molecular complexity index is 535. The van der Waals surface area contributed by atoms with E-state index in [0.29, 0.717) is 12.0 Å². The molecule has 0 aliphatic heterocycles. The van der Waals surface area contributed by atoms with Gasteiger partial charge >= 0.3 is 0 Å². The van der Waals surface area contributed by atoms with Crippen LogP contribution in [0.2, 0.25) is 0 Å². The Morgan fingerprint density at radius 3 is 2.85 bits per heavy atom. The number of nitrogens with two attached hydrogens (primary N) is 1. The van der Waals surface area contributed by atoms with Crippen molar-refractivity contribution in [1.82, 2.24) is 9.78 Å². The fourth-order valence-electron chi connectivity index (χ4n) is 3.09. The molecule has 0 spiro atoms. The Balaban J connectivity index is 1.83. The first-order valence-corrected chi connectivity index (χ1v) is 7.44. The Kier molecular flexibility index (Phi) is 4.02. The van der Waals surface area contributed by atoms with Crippen LogP contribution >= 0.6 is 0 Å². The van der Waals surface area contributed by atoms with E-state index in [1.807, 2.05) is 23.0 Å². The molecular formula is C16H22N4. The number of hydrogen-bond donors (Lipinski definition) is 2. The van der Waals surface area contributed by atoms with Crippen molar-refractivity contribution in [1.29, 1.82) is 0 Å². The molecule has 3 rings (SSSR count). The van der Waals surface area contributed by atoms with E-state index < -0.39 is 0 Å². The van der Waals surface area contributed by atoms with Gasteiger partial charge in [-0.2, -0.15) is 5.10 Å². The number of hydrogen-bond acceptors (Lipinski definition) is 3. The maximum absolute atomic E-state index is 5.92. The van der Waals surface area contributed by atoms with E-state index in [9.17, 15) is 0 Å². The summed E-state index contributed by atoms with van der Waals surface area (Å²) in [4.78, 5) is 0. The second-order valence-electron chi connectivity index (χ2n) is 5.50. The van der Waals surface area contributed by atoms with Crippen molar-refractivity contribution in [2.24, 2.45) is 11.7 Å². The van der Waals surface area contributed by atoms with Crippen LogP contribution in [0.1, 0.15) is 25.7 Å². The number of rotatable bonds is 4. The summed E-state index contributed by atoms with van der Waals surface area (Å²) in [7, 11) is 0. The first-order chi connectivity index (χ1) is 9.88. The standard InChI is InChI=1S/C16H22N4/c17-12-13-6-1-2-7-14(13)19-15-8-3-4-9-16(15)20-11-5-10-18-20/h3-5,8-11,13-14,19H,1-2,6-7,12,17H2. The minimum atomic E-state index is 0.477. The first-order valence-electron chi connectivity index (χ1n) is 7.44. The number of nitrogens with zero attached hydrogens (tertiary/aromatic N) is 2. The maximum Gasteiger partial charge on any atom is 0.0876 e. The largest absolute Gasteiger partial charge is 0.380 e. The molecule has 1 heterocycles. The van der Waals surface area contributed by atoms with Gasteiger partial charge in [-0.15, -0.1) is 0 Å². The Morgan fingerprint density at radius 2 is 2.05 bits per heavy atom. The second kappa shape index (κ2) is 6.09. The molecular weight excluding hydrogens is 248 g/mol. The highest BCUT2D eigenvalue weighted by atomic mass is 15.3. The van der Waals surface area contributed by atoms with Crippen molar-refractivity contribution in [2.75, 3.05) is 11.9 Å². The molecule has 0 amide bonds. The zero-order valence-corrected chi connectivity index (χ0v) is 11.7. The third-order valence-corrected chi connectivity index (χ3v) is 4.21. The molecule has 1 saturated carbocycles. The number of para-hydroxylation sites is 2. The third-order valence-electron chi connectivity index (χ3n) is 4.21. The van der Waals surface area contributed by atoms with E-state index >= 15 is 0 Å². The molecule has 20 heavy (non-hydrogen) atoms. The van der Waals surface area contributed by atoms with Gasteiger partial charge in [0.2, 0.25) is 0 Å². The van der Waals surface area contributed by atoms with Crippen LogP contribution in [0.3, 0.4) is 0 Å². The summed E-state index contributed by atoms with van der Waals surface area (Å²) >= 11 is 0. The third kappa shape index (κ3) is 2.70. The van der Waals surface area contributed by atoms with Crippen LogP contribution in [0.15, 0.2) is 42.7 Å². The van der Waals surface area contributed by atoms with Crippen molar-refractivity contribution in [3.8, 4) is 5.69 Å². The van der Waals surface area contributed by atoms with E-state index in [-0.39, 0.29) is 0 Å². The summed E-state index contributed by atoms with van der Waals surface area (Å²) in [6.07, 6.45) is 8.81. The number of nitrogens with one attached hydrogen (secondary N) is 1. The zero-order valence-electron chi connectivity index (χ0n) is 11.7. The molecule has 0 saturated heterocycles. The summed E-state index contributed by atoms with van der Waals surface area (Å²) in [5, 5.41) is 8.03. The lowest BCUT2D eigenvalue weighted by atomic mass is 9.84. The van der Waals surface area contributed by atoms with Crippen LogP contribution in [0.4, 0.5) is 5.69 Å². The fourth-order valence-corrected chi connectivity index (χ4v) is 3.09. The lowest BCUT2D eigenvalue weighted by Crippen LogP contribution is -2.37. The van der Waals surface area contributed by atoms with Gasteiger partial charge in [0, 0.05) is 18.4 Å². The van der Waals surface area contributed by atoms with Gasteiger partial charge in [0.15, 0.2) is 0 Å². The average molecular weight is 270 g/mol. The van der Waals surface area contributed by atoms with E-state index in [1.54, 1.807) is 6.20 Å². The van der Waals surface area contributed by atoms with Gasteiger partial charge in [-0.25, -0.2) is 4.68 Å². The number of anilines is 1. The molecule has 1 aliphatic rings. The Hall–Kier alpha value is -1.81. The molecule has 1 fully saturated rings. The van der Waals surface area contributed by atoms with Gasteiger partial charge in [0.25, 0.3) is 0 Å². The summed E-state index contributed by atoms with van der Waals surface area (Å²) in [6.45, 7) is 0.765. The zero-order chi connectivity index (χ0) is 13.8. The highest BCUT2D eigenvalue weighted by Gasteiger charge is 2.24. The van der Waals surface area contributed by atoms with Crippen molar-refractivity contribution >= 4 is 5.69 Å². The summed E-state index contributed by atoms with van der Waals surface area (Å²) in [6, 6.07) is 10.7. The molecule has 0 bridgehead atoms. The monoisotopic (exact) mass is 270 g/mol. The van der Waals surface area contributed by atoms with Crippen molar-refractivity contribution < 1.29 is 0 Å². The molecule has 1 aromatic carbocycles. The first kappa shape index (κ1) is 13.2. The second-order valence-corrected chi connectivity index (χ2v) is 5.50. The summed E-state index contributed by atoms with van der Waals surface area (Å²) in [5.41, 5.74) is 8.16. The van der Waals surface area contributed by atoms with Crippen molar-refractivity contribution in [2.45, 2.75) is 31.7 Å². The van der Waals surface area contributed by atoms with Crippen LogP contribution in [-0.4, -0.2) is 22.4 Å². The minimum Gasteiger partial charge on any atom is -0.380 e. The SMILES string of the molecule is NCC1CCCCC1Nc1ccccc1-n1cccn1. The van der Waals surface area contributed by atoms with Crippen LogP contribution in [0, 0.1) is 5.92 Å². The van der Waals surface area contributed by atoms with Gasteiger partial charge < -0.3 is 11.1 Å². The molecule has 2 atom stereocenters. The molecule has 4 nitrogen and oxygen atoms in total. The van der Waals surface area contributed by atoms with Crippen LogP contribution in [-0.2, 0) is 0 Å². The highest BCUT2D eigenvalue weighted by Crippen LogP contribution is 2.28. The maximum atomic E-state index is 5.92. The lowest BCUT2D eigenvalue weighted by Gasteiger charge is -2.32. The molecule has 106 valence electrons. The minimum absolute atomic E-state index is 0.477. The van der Waals surface area contributed by atoms with E-state index in [0.717, 1.165) is 17.9 Å². The van der Waals surface area contributed by atoms with Gasteiger partial charge in [-0.1, -0.05) is 25.0 Å². The van der Waals surface area contributed by atoms with Gasteiger partial charge in [-0.05, 0) is 43.5 Å². The molecule has 3 N–H and O–H groups in total. The topological polar surface area (TPSA) is 55.9 Å². The lowest BCUT2D eigenvalue weighted by molar-refractivity contribution is 0.332. The summed E-state index contributed by atoms with van der Waals surface area (Å²) in [5.74, 6) is 0.578. The number of aromatic nitrogens is 2. The highest BCUT2D eigenvalue weighted by molar-refractivity contribution is 5.61. The molecule has 1 aliphatic carbocycles. The Labute approximate surface area is 120 Å². The van der Waals surface area contributed by atoms with Crippen LogP contribution in [0.5, 0.6) is 0 Å². The molecule has 1 aromatic heterocycles. The smallest absolute Gasteiger partial charge is 0.0876 e. The van der Waals surface area contributed by atoms with Crippen LogP contribution in [0.25, 0.3) is 5.69 Å². The molecule has 4 heteroatoms.